The standard InChI is InChI=1S/C86H144N4O2/c1-85(2)65-27-11-17-33-71(65)89(72-34-18-12-28-66(72)85)63-51-47-59(48-52-63)81-78(56-25-9-6-10-26-56)77(55-23-7-5-8-24-55)79(57-39-43-61(44-40-57)83-87-69-31-15-21-37-75(69)91-83)82(80(81)58-41-45-62(46-42-58)84-88-70-32-16-22-38-76(70)92-84)60-49-53-64(54-50-60)90-73-35-19-13-29-67(73)86(3,4)68-30-14-20-36-74(68)90/h55-84,87-88H,5-54H2,1-4H3. The quantitative estimate of drug-likeness (QED) is 0.227. The number of likely N-dealkylation sites (tertiary alicyclic amines) is 2. The highest BCUT2D eigenvalue weighted by Gasteiger charge is 2.64. The number of nitrogens with one attached hydrogen (secondary N) is 2. The van der Waals surface area contributed by atoms with Gasteiger partial charge in [0.25, 0.3) is 0 Å². The first-order valence-corrected chi connectivity index (χ1v) is 43.5. The van der Waals surface area contributed by atoms with E-state index < -0.39 is 0 Å². The van der Waals surface area contributed by atoms with Gasteiger partial charge in [-0.15, -0.1) is 0 Å². The van der Waals surface area contributed by atoms with Crippen LogP contribution in [0.2, 0.25) is 0 Å². The van der Waals surface area contributed by atoms with Crippen molar-refractivity contribution in [1.29, 1.82) is 0 Å². The topological polar surface area (TPSA) is 49.0 Å². The first-order valence-electron chi connectivity index (χ1n) is 43.5. The van der Waals surface area contributed by atoms with Crippen molar-refractivity contribution in [3.05, 3.63) is 0 Å². The molecule has 13 aliphatic carbocycles. The van der Waals surface area contributed by atoms with Gasteiger partial charge in [0.1, 0.15) is 12.5 Å². The molecule has 20 atom stereocenters. The van der Waals surface area contributed by atoms with Crippen LogP contribution in [0.25, 0.3) is 0 Å². The first kappa shape index (κ1) is 65.1. The Bertz CT molecular complexity index is 2280. The number of piperidine rings is 2. The molecule has 17 rings (SSSR count). The summed E-state index contributed by atoms with van der Waals surface area (Å²) in [5.41, 5.74) is 1.03. The lowest BCUT2D eigenvalue weighted by molar-refractivity contribution is -0.179. The van der Waals surface area contributed by atoms with Gasteiger partial charge >= 0.3 is 0 Å². The summed E-state index contributed by atoms with van der Waals surface area (Å²) in [6.07, 6.45) is 76.5. The average molecular weight is 1270 g/mol. The summed E-state index contributed by atoms with van der Waals surface area (Å²) in [4.78, 5) is 6.91. The van der Waals surface area contributed by atoms with E-state index in [-0.39, 0.29) is 0 Å². The van der Waals surface area contributed by atoms with Gasteiger partial charge in [-0.1, -0.05) is 169 Å². The van der Waals surface area contributed by atoms with Crippen molar-refractivity contribution in [1.82, 2.24) is 20.4 Å². The van der Waals surface area contributed by atoms with Crippen molar-refractivity contribution >= 4 is 0 Å². The Morgan fingerprint density at radius 2 is 0.478 bits per heavy atom. The molecular formula is C86H144N4O2. The molecule has 6 nitrogen and oxygen atoms in total. The first-order chi connectivity index (χ1) is 45.2. The van der Waals surface area contributed by atoms with E-state index in [1.165, 1.54) is 244 Å². The third-order valence-electron chi connectivity index (χ3n) is 35.1. The zero-order valence-corrected chi connectivity index (χ0v) is 60.4. The molecule has 6 heteroatoms. The molecule has 0 bridgehead atoms. The minimum absolute atomic E-state index is 0.323. The molecule has 0 radical (unpaired) electrons. The Labute approximate surface area is 566 Å². The van der Waals surface area contributed by atoms with E-state index >= 15 is 0 Å². The maximum atomic E-state index is 7.21. The summed E-state index contributed by atoms with van der Waals surface area (Å²) in [6.45, 7) is 11.2. The van der Waals surface area contributed by atoms with Crippen LogP contribution < -0.4 is 10.6 Å². The van der Waals surface area contributed by atoms with Gasteiger partial charge in [0.2, 0.25) is 0 Å². The van der Waals surface area contributed by atoms with Crippen LogP contribution in [0.3, 0.4) is 0 Å². The van der Waals surface area contributed by atoms with E-state index in [1.54, 1.807) is 77.0 Å². The van der Waals surface area contributed by atoms with Gasteiger partial charge in [-0.3, -0.25) is 20.4 Å². The van der Waals surface area contributed by atoms with E-state index in [2.05, 4.69) is 48.1 Å². The SMILES string of the molecule is CC1(C)C2CCCCC2N(C2CCC(C3C(C4CCCCC4)C(C4CCCCC4)C(C4CCC(C5NC6CCCCC6O5)CC4)C(C4CCC(N5C6CCCCC6C(C)(C)C6CCCCC65)CC4)C3C3CCC(C4NC5CCCCC5O4)CC3)CC2)C2CCCCC21. The van der Waals surface area contributed by atoms with Crippen molar-refractivity contribution in [2.75, 3.05) is 0 Å². The van der Waals surface area contributed by atoms with Gasteiger partial charge in [0.05, 0.1) is 12.2 Å². The minimum atomic E-state index is 0.323. The van der Waals surface area contributed by atoms with Crippen LogP contribution in [0.4, 0.5) is 0 Å². The summed E-state index contributed by atoms with van der Waals surface area (Å²) in [5.74, 6) is 16.6. The largest absolute Gasteiger partial charge is 0.358 e. The monoisotopic (exact) mass is 1270 g/mol. The van der Waals surface area contributed by atoms with Crippen LogP contribution in [0.15, 0.2) is 0 Å². The number of hydrogen-bond acceptors (Lipinski definition) is 6. The predicted octanol–water partition coefficient (Wildman–Crippen LogP) is 21.0. The van der Waals surface area contributed by atoms with Crippen LogP contribution in [0.5, 0.6) is 0 Å². The third kappa shape index (κ3) is 12.1. The van der Waals surface area contributed by atoms with Gasteiger partial charge < -0.3 is 9.47 Å². The van der Waals surface area contributed by atoms with E-state index in [4.69, 9.17) is 9.47 Å². The summed E-state index contributed by atoms with van der Waals surface area (Å²) < 4.78 is 14.4. The molecule has 17 aliphatic rings. The molecule has 0 aromatic rings. The smallest absolute Gasteiger partial charge is 0.111 e. The molecule has 0 amide bonds. The van der Waals surface area contributed by atoms with Gasteiger partial charge in [-0.05, 0) is 297 Å². The van der Waals surface area contributed by atoms with E-state index in [1.807, 2.05) is 0 Å². The number of nitrogens with zero attached hydrogens (tertiary/aromatic N) is 2. The molecule has 520 valence electrons. The van der Waals surface area contributed by atoms with Crippen molar-refractivity contribution in [3.8, 4) is 0 Å². The average Bonchev–Trinajstić information content (AvgIpc) is 0.894. The zero-order valence-electron chi connectivity index (χ0n) is 60.4. The molecule has 92 heavy (non-hydrogen) atoms. The number of ether oxygens (including phenoxy) is 2. The van der Waals surface area contributed by atoms with Crippen LogP contribution in [0, 0.1) is 117 Å². The molecular weight excluding hydrogens is 1120 g/mol. The summed E-state index contributed by atoms with van der Waals surface area (Å²) in [6, 6.07) is 6.41. The second-order valence-electron chi connectivity index (χ2n) is 39.4. The van der Waals surface area contributed by atoms with Crippen molar-refractivity contribution in [2.45, 2.75) is 422 Å². The molecule has 2 N–H and O–H groups in total. The van der Waals surface area contributed by atoms with Gasteiger partial charge in [0.15, 0.2) is 0 Å². The predicted molar refractivity (Wildman–Crippen MR) is 379 cm³/mol. The van der Waals surface area contributed by atoms with Crippen LogP contribution in [-0.2, 0) is 9.47 Å². The number of rotatable bonds is 10. The molecule has 0 aromatic carbocycles. The molecule has 0 aromatic heterocycles. The number of hydrogen-bond donors (Lipinski definition) is 2. The molecule has 13 saturated carbocycles. The lowest BCUT2D eigenvalue weighted by atomic mass is 9.40. The molecule has 20 unspecified atom stereocenters. The zero-order chi connectivity index (χ0) is 61.7. The second-order valence-corrected chi connectivity index (χ2v) is 39.4. The highest BCUT2D eigenvalue weighted by molar-refractivity contribution is 5.14. The fourth-order valence-electron chi connectivity index (χ4n) is 31.3. The highest BCUT2D eigenvalue weighted by Crippen LogP contribution is 2.68. The molecule has 4 aliphatic heterocycles. The van der Waals surface area contributed by atoms with E-state index in [9.17, 15) is 0 Å². The molecule has 4 saturated heterocycles. The van der Waals surface area contributed by atoms with Crippen LogP contribution in [0.1, 0.15) is 349 Å². The Morgan fingerprint density at radius 1 is 0.239 bits per heavy atom. The fraction of sp³-hybridized carbons (Fsp3) is 1.00. The van der Waals surface area contributed by atoms with Gasteiger partial charge in [0, 0.05) is 48.3 Å². The maximum Gasteiger partial charge on any atom is 0.111 e. The lowest BCUT2D eigenvalue weighted by Crippen LogP contribution is -2.66. The summed E-state index contributed by atoms with van der Waals surface area (Å²) in [7, 11) is 0. The summed E-state index contributed by atoms with van der Waals surface area (Å²) >= 11 is 0. The van der Waals surface area contributed by atoms with Gasteiger partial charge in [-0.2, -0.15) is 0 Å². The fourth-order valence-corrected chi connectivity index (χ4v) is 31.3. The van der Waals surface area contributed by atoms with E-state index in [0.29, 0.717) is 47.6 Å². The lowest BCUT2D eigenvalue weighted by Gasteiger charge is -2.66. The number of fused-ring (bicyclic) bond motifs is 6. The normalized spacial score (nSPS) is 51.5. The third-order valence-corrected chi connectivity index (χ3v) is 35.1. The minimum Gasteiger partial charge on any atom is -0.358 e. The van der Waals surface area contributed by atoms with Gasteiger partial charge in [-0.25, -0.2) is 0 Å². The Balaban J connectivity index is 0.748. The maximum absolute atomic E-state index is 7.21. The van der Waals surface area contributed by atoms with Crippen LogP contribution >= 0.6 is 0 Å². The van der Waals surface area contributed by atoms with Crippen molar-refractivity contribution in [3.63, 3.8) is 0 Å². The molecule has 0 spiro atoms. The molecule has 17 fully saturated rings. The van der Waals surface area contributed by atoms with Crippen molar-refractivity contribution < 1.29 is 9.47 Å². The Kier molecular flexibility index (Phi) is 19.8. The Morgan fingerprint density at radius 3 is 0.783 bits per heavy atom. The van der Waals surface area contributed by atoms with Crippen molar-refractivity contribution in [2.24, 2.45) is 117 Å². The second kappa shape index (κ2) is 27.9. The van der Waals surface area contributed by atoms with E-state index in [0.717, 1.165) is 143 Å². The molecule has 4 heterocycles. The Hall–Kier alpha value is -0.240. The summed E-state index contributed by atoms with van der Waals surface area (Å²) in [5, 5.41) is 8.50. The van der Waals surface area contributed by atoms with Crippen LogP contribution in [-0.4, -0.2) is 82.8 Å². The highest BCUT2D eigenvalue weighted by atomic mass is 16.5.